The van der Waals surface area contributed by atoms with Crippen molar-refractivity contribution in [3.05, 3.63) is 36.4 Å². The molecule has 0 N–H and O–H groups in total. The van der Waals surface area contributed by atoms with Crippen molar-refractivity contribution in [3.63, 3.8) is 0 Å². The second kappa shape index (κ2) is 4.51. The average molecular weight is 299 g/mol. The zero-order valence-corrected chi connectivity index (χ0v) is 11.8. The van der Waals surface area contributed by atoms with E-state index in [4.69, 9.17) is 9.47 Å². The Morgan fingerprint density at radius 2 is 1.77 bits per heavy atom. The van der Waals surface area contributed by atoms with Crippen molar-refractivity contribution in [1.82, 2.24) is 0 Å². The van der Waals surface area contributed by atoms with Gasteiger partial charge >= 0.3 is 5.97 Å². The van der Waals surface area contributed by atoms with Crippen LogP contribution in [0.5, 0.6) is 5.75 Å². The first-order chi connectivity index (χ1) is 10.6. The van der Waals surface area contributed by atoms with E-state index in [1.807, 2.05) is 12.2 Å². The summed E-state index contributed by atoms with van der Waals surface area (Å²) in [6, 6.07) is 6.42. The topological polar surface area (TPSA) is 72.9 Å². The molecule has 0 aromatic heterocycles. The monoisotopic (exact) mass is 299 g/mol. The van der Waals surface area contributed by atoms with Gasteiger partial charge in [-0.25, -0.2) is 4.90 Å². The summed E-state index contributed by atoms with van der Waals surface area (Å²) in [7, 11) is 0. The number of hydrogen-bond acceptors (Lipinski definition) is 5. The lowest BCUT2D eigenvalue weighted by atomic mass is 9.85. The number of hydrogen-bond donors (Lipinski definition) is 0. The fourth-order valence-corrected chi connectivity index (χ4v) is 3.41. The highest BCUT2D eigenvalue weighted by Gasteiger charge is 2.61. The van der Waals surface area contributed by atoms with Crippen LogP contribution in [0.3, 0.4) is 0 Å². The highest BCUT2D eigenvalue weighted by atomic mass is 16.5. The molecule has 0 radical (unpaired) electrons. The second-order valence-corrected chi connectivity index (χ2v) is 5.60. The van der Waals surface area contributed by atoms with Gasteiger partial charge in [0.15, 0.2) is 0 Å². The maximum atomic E-state index is 12.6. The van der Waals surface area contributed by atoms with Crippen molar-refractivity contribution in [2.75, 3.05) is 4.90 Å². The molecule has 112 valence electrons. The summed E-state index contributed by atoms with van der Waals surface area (Å²) in [4.78, 5) is 37.4. The van der Waals surface area contributed by atoms with Gasteiger partial charge in [0.2, 0.25) is 11.8 Å². The first-order valence-corrected chi connectivity index (χ1v) is 7.06. The Labute approximate surface area is 126 Å². The molecule has 2 bridgehead atoms. The van der Waals surface area contributed by atoms with Crippen LogP contribution in [-0.2, 0) is 19.1 Å². The molecule has 2 fully saturated rings. The third-order valence-corrected chi connectivity index (χ3v) is 4.25. The fourth-order valence-electron chi connectivity index (χ4n) is 3.41. The molecule has 6 heteroatoms. The minimum Gasteiger partial charge on any atom is -0.427 e. The SMILES string of the molecule is CC(=O)Oc1cccc(N2C(=O)[C@@H]3[C@H](C2=O)[C@@H]2C=C[C@@H]3O2)c1. The van der Waals surface area contributed by atoms with E-state index < -0.39 is 17.8 Å². The number of amides is 2. The number of esters is 1. The van der Waals surface area contributed by atoms with Crippen LogP contribution in [0.15, 0.2) is 36.4 Å². The minimum atomic E-state index is -0.455. The molecule has 4 atom stereocenters. The number of nitrogens with zero attached hydrogens (tertiary/aromatic N) is 1. The standard InChI is InChI=1S/C16H13NO5/c1-8(18)21-10-4-2-3-9(7-10)17-15(19)13-11-5-6-12(22-11)14(13)16(17)20/h2-7,11-14H,1H3/t11-,12-,13-,14+/m0/s1. The van der Waals surface area contributed by atoms with Crippen LogP contribution in [0.25, 0.3) is 0 Å². The van der Waals surface area contributed by atoms with E-state index in [-0.39, 0.29) is 24.0 Å². The molecule has 3 heterocycles. The number of imide groups is 1. The van der Waals surface area contributed by atoms with Crippen molar-refractivity contribution in [3.8, 4) is 5.75 Å². The number of benzene rings is 1. The zero-order valence-electron chi connectivity index (χ0n) is 11.8. The Morgan fingerprint density at radius 1 is 1.14 bits per heavy atom. The van der Waals surface area contributed by atoms with Crippen LogP contribution in [0.1, 0.15) is 6.92 Å². The van der Waals surface area contributed by atoms with Crippen molar-refractivity contribution >= 4 is 23.5 Å². The van der Waals surface area contributed by atoms with E-state index in [0.717, 1.165) is 0 Å². The molecular formula is C16H13NO5. The summed E-state index contributed by atoms with van der Waals surface area (Å²) in [5, 5.41) is 0. The molecule has 3 aliphatic rings. The van der Waals surface area contributed by atoms with Gasteiger partial charge in [-0.2, -0.15) is 0 Å². The molecule has 6 nitrogen and oxygen atoms in total. The summed E-state index contributed by atoms with van der Waals surface area (Å²) in [6.07, 6.45) is 3.06. The molecule has 0 aliphatic carbocycles. The molecule has 22 heavy (non-hydrogen) atoms. The molecule has 3 aliphatic heterocycles. The van der Waals surface area contributed by atoms with Crippen molar-refractivity contribution in [2.24, 2.45) is 11.8 Å². The molecule has 0 spiro atoms. The van der Waals surface area contributed by atoms with Crippen LogP contribution < -0.4 is 9.64 Å². The van der Waals surface area contributed by atoms with Gasteiger partial charge in [-0.05, 0) is 12.1 Å². The Balaban J connectivity index is 1.68. The third kappa shape index (κ3) is 1.74. The van der Waals surface area contributed by atoms with Gasteiger partial charge < -0.3 is 9.47 Å². The lowest BCUT2D eigenvalue weighted by molar-refractivity contribution is -0.132. The van der Waals surface area contributed by atoms with Crippen LogP contribution in [0.4, 0.5) is 5.69 Å². The molecule has 0 saturated carbocycles. The molecule has 2 amide bonds. The summed E-state index contributed by atoms with van der Waals surface area (Å²) < 4.78 is 10.6. The number of rotatable bonds is 2. The first kappa shape index (κ1) is 13.2. The molecule has 4 rings (SSSR count). The van der Waals surface area contributed by atoms with Gasteiger partial charge in [-0.3, -0.25) is 14.4 Å². The lowest BCUT2D eigenvalue weighted by Crippen LogP contribution is -2.34. The number of carbonyl (C=O) groups excluding carboxylic acids is 3. The summed E-state index contributed by atoms with van der Waals surface area (Å²) >= 11 is 0. The number of ether oxygens (including phenoxy) is 2. The van der Waals surface area contributed by atoms with E-state index in [1.54, 1.807) is 18.2 Å². The van der Waals surface area contributed by atoms with E-state index in [2.05, 4.69) is 0 Å². The molecular weight excluding hydrogens is 286 g/mol. The molecule has 2 saturated heterocycles. The highest BCUT2D eigenvalue weighted by molar-refractivity contribution is 6.23. The van der Waals surface area contributed by atoms with Gasteiger partial charge in [-0.15, -0.1) is 0 Å². The predicted octanol–water partition coefficient (Wildman–Crippen LogP) is 1.05. The molecule has 1 aromatic carbocycles. The maximum Gasteiger partial charge on any atom is 0.308 e. The minimum absolute atomic E-state index is 0.258. The van der Waals surface area contributed by atoms with Crippen LogP contribution >= 0.6 is 0 Å². The summed E-state index contributed by atoms with van der Waals surface area (Å²) in [6.45, 7) is 1.30. The number of anilines is 1. The largest absolute Gasteiger partial charge is 0.427 e. The third-order valence-electron chi connectivity index (χ3n) is 4.25. The average Bonchev–Trinajstić information content (AvgIpc) is 3.12. The molecule has 0 unspecified atom stereocenters. The Hall–Kier alpha value is -2.47. The first-order valence-electron chi connectivity index (χ1n) is 7.06. The van der Waals surface area contributed by atoms with Gasteiger partial charge in [0.1, 0.15) is 5.75 Å². The van der Waals surface area contributed by atoms with Gasteiger partial charge in [0.25, 0.3) is 0 Å². The van der Waals surface area contributed by atoms with E-state index >= 15 is 0 Å². The van der Waals surface area contributed by atoms with Gasteiger partial charge in [-0.1, -0.05) is 18.2 Å². The zero-order chi connectivity index (χ0) is 15.4. The Kier molecular flexibility index (Phi) is 2.71. The Morgan fingerprint density at radius 3 is 2.36 bits per heavy atom. The van der Waals surface area contributed by atoms with Crippen molar-refractivity contribution in [2.45, 2.75) is 19.1 Å². The quantitative estimate of drug-likeness (QED) is 0.353. The Bertz CT molecular complexity index is 695. The molecule has 1 aromatic rings. The van der Waals surface area contributed by atoms with E-state index in [9.17, 15) is 14.4 Å². The second-order valence-electron chi connectivity index (χ2n) is 5.60. The van der Waals surface area contributed by atoms with Crippen LogP contribution in [0, 0.1) is 11.8 Å². The summed E-state index contributed by atoms with van der Waals surface area (Å²) in [5.74, 6) is -1.55. The lowest BCUT2D eigenvalue weighted by Gasteiger charge is -2.18. The highest BCUT2D eigenvalue weighted by Crippen LogP contribution is 2.46. The normalized spacial score (nSPS) is 31.8. The predicted molar refractivity (Wildman–Crippen MR) is 75.0 cm³/mol. The van der Waals surface area contributed by atoms with Gasteiger partial charge in [0, 0.05) is 13.0 Å². The fraction of sp³-hybridized carbons (Fsp3) is 0.312. The maximum absolute atomic E-state index is 12.6. The van der Waals surface area contributed by atoms with Crippen LogP contribution in [0.2, 0.25) is 0 Å². The smallest absolute Gasteiger partial charge is 0.308 e. The van der Waals surface area contributed by atoms with Gasteiger partial charge in [0.05, 0.1) is 29.7 Å². The summed E-state index contributed by atoms with van der Waals surface area (Å²) in [5.41, 5.74) is 0.419. The van der Waals surface area contributed by atoms with Crippen LogP contribution in [-0.4, -0.2) is 30.0 Å². The number of fused-ring (bicyclic) bond motifs is 5. The van der Waals surface area contributed by atoms with Crippen molar-refractivity contribution < 1.29 is 23.9 Å². The number of carbonyl (C=O) groups is 3. The van der Waals surface area contributed by atoms with E-state index in [0.29, 0.717) is 11.4 Å². The van der Waals surface area contributed by atoms with E-state index in [1.165, 1.54) is 17.9 Å². The van der Waals surface area contributed by atoms with Crippen molar-refractivity contribution in [1.29, 1.82) is 0 Å².